The van der Waals surface area contributed by atoms with Crippen molar-refractivity contribution >= 4 is 32.5 Å². The van der Waals surface area contributed by atoms with Gasteiger partial charge >= 0.3 is 0 Å². The number of aryl methyl sites for hydroxylation is 1. The Labute approximate surface area is 197 Å². The monoisotopic (exact) mass is 480 g/mol. The van der Waals surface area contributed by atoms with E-state index in [4.69, 9.17) is 5.73 Å². The van der Waals surface area contributed by atoms with Crippen molar-refractivity contribution in [1.82, 2.24) is 9.55 Å². The Morgan fingerprint density at radius 2 is 1.68 bits per heavy atom. The van der Waals surface area contributed by atoms with E-state index >= 15 is 0 Å². The number of sulfonamides is 1. The molecular formula is C25H25FN4O3S. The summed E-state index contributed by atoms with van der Waals surface area (Å²) in [7, 11) is -3.61. The van der Waals surface area contributed by atoms with Gasteiger partial charge < -0.3 is 10.3 Å². The van der Waals surface area contributed by atoms with Gasteiger partial charge in [-0.3, -0.25) is 14.5 Å². The smallest absolute Gasteiger partial charge is 0.251 e. The molecule has 7 nitrogen and oxygen atoms in total. The summed E-state index contributed by atoms with van der Waals surface area (Å²) in [4.78, 5) is 16.7. The van der Waals surface area contributed by atoms with Gasteiger partial charge in [0, 0.05) is 29.2 Å². The Balaban J connectivity index is 1.97. The maximum Gasteiger partial charge on any atom is 0.251 e. The number of aromatic nitrogens is 2. The number of carbonyl (C=O) groups excluding carboxylic acids is 1. The number of hydrogen-bond acceptors (Lipinski definition) is 4. The number of nitrogens with two attached hydrogens (primary N) is 1. The molecule has 0 aliphatic carbocycles. The molecular weight excluding hydrogens is 455 g/mol. The van der Waals surface area contributed by atoms with E-state index in [1.807, 2.05) is 4.57 Å². The number of pyridine rings is 1. The molecule has 0 spiro atoms. The van der Waals surface area contributed by atoms with Gasteiger partial charge in [-0.15, -0.1) is 0 Å². The number of primary amides is 1. The number of benzene rings is 2. The first-order valence-electron chi connectivity index (χ1n) is 10.6. The van der Waals surface area contributed by atoms with E-state index in [1.54, 1.807) is 82.6 Å². The number of fused-ring (bicyclic) bond motifs is 1. The lowest BCUT2D eigenvalue weighted by Gasteiger charge is -2.20. The summed E-state index contributed by atoms with van der Waals surface area (Å²) in [5, 5.41) is 0.389. The van der Waals surface area contributed by atoms with Crippen LogP contribution >= 0.6 is 0 Å². The lowest BCUT2D eigenvalue weighted by molar-refractivity contribution is 0.100. The zero-order valence-electron chi connectivity index (χ0n) is 19.3. The van der Waals surface area contributed by atoms with Crippen LogP contribution in [0.5, 0.6) is 0 Å². The molecule has 3 N–H and O–H groups in total. The van der Waals surface area contributed by atoms with Crippen LogP contribution in [0.3, 0.4) is 0 Å². The number of rotatable bonds is 5. The molecule has 4 rings (SSSR count). The van der Waals surface area contributed by atoms with Crippen LogP contribution < -0.4 is 10.5 Å². The van der Waals surface area contributed by atoms with Gasteiger partial charge in [0.05, 0.1) is 21.5 Å². The second-order valence-corrected chi connectivity index (χ2v) is 11.5. The average Bonchev–Trinajstić information content (AvgIpc) is 3.08. The third kappa shape index (κ3) is 4.03. The minimum Gasteiger partial charge on any atom is -0.366 e. The minimum absolute atomic E-state index is 0.175. The summed E-state index contributed by atoms with van der Waals surface area (Å²) in [6.45, 7) is 6.48. The maximum atomic E-state index is 14.5. The molecule has 2 aromatic heterocycles. The first-order valence-corrected chi connectivity index (χ1v) is 12.1. The van der Waals surface area contributed by atoms with E-state index < -0.39 is 26.5 Å². The molecule has 0 radical (unpaired) electrons. The summed E-state index contributed by atoms with van der Waals surface area (Å²) in [5.41, 5.74) is 9.18. The second-order valence-electron chi connectivity index (χ2n) is 9.04. The van der Waals surface area contributed by atoms with Gasteiger partial charge in [0.2, 0.25) is 10.0 Å². The highest BCUT2D eigenvalue weighted by atomic mass is 32.2. The molecule has 0 aliphatic rings. The van der Waals surface area contributed by atoms with Crippen LogP contribution in [0.2, 0.25) is 0 Å². The number of hydrogen-bond donors (Lipinski definition) is 2. The van der Waals surface area contributed by atoms with Crippen molar-refractivity contribution in [2.75, 3.05) is 4.72 Å². The summed E-state index contributed by atoms with van der Waals surface area (Å²) in [6, 6.07) is 13.2. The Morgan fingerprint density at radius 1 is 1.06 bits per heavy atom. The van der Waals surface area contributed by atoms with Crippen molar-refractivity contribution in [1.29, 1.82) is 0 Å². The molecule has 34 heavy (non-hydrogen) atoms. The number of carbonyl (C=O) groups is 1. The molecule has 2 aromatic carbocycles. The van der Waals surface area contributed by atoms with Gasteiger partial charge in [0.25, 0.3) is 5.91 Å². The topological polar surface area (TPSA) is 107 Å². The molecule has 1 amide bonds. The van der Waals surface area contributed by atoms with Crippen LogP contribution in [0, 0.1) is 12.7 Å². The molecule has 0 saturated carbocycles. The quantitative estimate of drug-likeness (QED) is 0.429. The number of nitrogens with one attached hydrogen (secondary N) is 1. The first-order chi connectivity index (χ1) is 15.9. The lowest BCUT2D eigenvalue weighted by atomic mass is 10.0. The Morgan fingerprint density at radius 3 is 2.24 bits per heavy atom. The molecule has 4 aromatic rings. The third-order valence-electron chi connectivity index (χ3n) is 5.63. The van der Waals surface area contributed by atoms with Crippen LogP contribution in [0.15, 0.2) is 60.9 Å². The fourth-order valence-electron chi connectivity index (χ4n) is 3.70. The highest BCUT2D eigenvalue weighted by Gasteiger charge is 2.29. The zero-order chi connectivity index (χ0) is 24.8. The average molecular weight is 481 g/mol. The third-order valence-corrected chi connectivity index (χ3v) is 7.75. The zero-order valence-corrected chi connectivity index (χ0v) is 20.1. The molecule has 2 heterocycles. The van der Waals surface area contributed by atoms with Gasteiger partial charge in [-0.1, -0.05) is 12.1 Å². The van der Waals surface area contributed by atoms with Gasteiger partial charge in [-0.2, -0.15) is 0 Å². The number of nitrogens with zero attached hydrogens (tertiary/aromatic N) is 2. The normalized spacial score (nSPS) is 12.1. The SMILES string of the molecule is Cc1cc2c(cc1F)c(C(N)=O)c(-c1ccc(NS(=O)(=O)C(C)(C)C)cc1)n2-c1ccncc1. The van der Waals surface area contributed by atoms with Crippen LogP contribution in [0.25, 0.3) is 27.8 Å². The molecule has 0 unspecified atom stereocenters. The standard InChI is InChI=1S/C25H25FN4O3S/c1-15-13-21-19(14-20(15)26)22(24(27)31)23(30(21)18-9-11-28-12-10-18)16-5-7-17(8-6-16)29-34(32,33)25(2,3)4/h5-14,29H,1-4H3,(H2,27,31). The van der Waals surface area contributed by atoms with Crippen molar-refractivity contribution in [3.05, 3.63) is 77.9 Å². The predicted octanol–water partition coefficient (Wildman–Crippen LogP) is 4.78. The van der Waals surface area contributed by atoms with Crippen LogP contribution in [0.1, 0.15) is 36.7 Å². The van der Waals surface area contributed by atoms with Crippen molar-refractivity contribution in [2.45, 2.75) is 32.4 Å². The molecule has 176 valence electrons. The van der Waals surface area contributed by atoms with Crippen molar-refractivity contribution in [3.8, 4) is 16.9 Å². The number of anilines is 1. The Hall–Kier alpha value is -3.72. The van der Waals surface area contributed by atoms with Gasteiger partial charge in [-0.05, 0) is 75.2 Å². The Kier molecular flexibility index (Phi) is 5.69. The largest absolute Gasteiger partial charge is 0.366 e. The first kappa shape index (κ1) is 23.4. The van der Waals surface area contributed by atoms with E-state index in [9.17, 15) is 17.6 Å². The summed E-state index contributed by atoms with van der Waals surface area (Å²) < 4.78 is 43.0. The Bertz CT molecular complexity index is 1500. The molecule has 0 saturated heterocycles. The molecule has 0 bridgehead atoms. The van der Waals surface area contributed by atoms with Crippen LogP contribution in [-0.2, 0) is 10.0 Å². The van der Waals surface area contributed by atoms with Crippen LogP contribution in [0.4, 0.5) is 10.1 Å². The van der Waals surface area contributed by atoms with Crippen molar-refractivity contribution < 1.29 is 17.6 Å². The van der Waals surface area contributed by atoms with Gasteiger partial charge in [0.15, 0.2) is 0 Å². The molecule has 0 fully saturated rings. The highest BCUT2D eigenvalue weighted by molar-refractivity contribution is 7.94. The van der Waals surface area contributed by atoms with Crippen molar-refractivity contribution in [3.63, 3.8) is 0 Å². The molecule has 0 atom stereocenters. The fourth-order valence-corrected chi connectivity index (χ4v) is 4.45. The molecule has 9 heteroatoms. The number of amides is 1. The molecule has 0 aliphatic heterocycles. The van der Waals surface area contributed by atoms with Gasteiger partial charge in [-0.25, -0.2) is 12.8 Å². The summed E-state index contributed by atoms with van der Waals surface area (Å²) in [6.07, 6.45) is 3.24. The van der Waals surface area contributed by atoms with E-state index in [0.29, 0.717) is 39.1 Å². The van der Waals surface area contributed by atoms with E-state index in [2.05, 4.69) is 9.71 Å². The predicted molar refractivity (Wildman–Crippen MR) is 132 cm³/mol. The second kappa shape index (κ2) is 8.25. The highest BCUT2D eigenvalue weighted by Crippen LogP contribution is 2.38. The van der Waals surface area contributed by atoms with Gasteiger partial charge in [0.1, 0.15) is 5.82 Å². The van der Waals surface area contributed by atoms with Crippen molar-refractivity contribution in [2.24, 2.45) is 5.73 Å². The number of halogens is 1. The maximum absolute atomic E-state index is 14.5. The van der Waals surface area contributed by atoms with Crippen LogP contribution in [-0.4, -0.2) is 28.6 Å². The minimum atomic E-state index is -3.61. The fraction of sp³-hybridized carbons (Fsp3) is 0.200. The summed E-state index contributed by atoms with van der Waals surface area (Å²) >= 11 is 0. The van der Waals surface area contributed by atoms with E-state index in [-0.39, 0.29) is 5.56 Å². The van der Waals surface area contributed by atoms with E-state index in [0.717, 1.165) is 0 Å². The lowest BCUT2D eigenvalue weighted by Crippen LogP contribution is -2.33. The summed E-state index contributed by atoms with van der Waals surface area (Å²) in [5.74, 6) is -1.14. The van der Waals surface area contributed by atoms with E-state index in [1.165, 1.54) is 6.07 Å².